The van der Waals surface area contributed by atoms with Crippen molar-refractivity contribution >= 4 is 28.6 Å². The van der Waals surface area contributed by atoms with E-state index in [0.29, 0.717) is 0 Å². The van der Waals surface area contributed by atoms with Crippen molar-refractivity contribution < 1.29 is 9.72 Å². The Kier molecular flexibility index (Phi) is 4.23. The zero-order valence-corrected chi connectivity index (χ0v) is 12.4. The Morgan fingerprint density at radius 3 is 2.67 bits per heavy atom. The molecule has 0 aliphatic rings. The number of nitrogens with zero attached hydrogens (tertiary/aromatic N) is 1. The molecule has 0 saturated heterocycles. The number of carbonyl (C=O) groups excluding carboxylic acids is 1. The van der Waals surface area contributed by atoms with E-state index in [4.69, 9.17) is 5.73 Å². The maximum atomic E-state index is 12.2. The number of carbonyl (C=O) groups is 1. The first-order chi connectivity index (χ1) is 9.88. The first-order valence-electron chi connectivity index (χ1n) is 6.29. The molecule has 0 aliphatic carbocycles. The van der Waals surface area contributed by atoms with Gasteiger partial charge in [-0.25, -0.2) is 0 Å². The number of rotatable bonds is 4. The van der Waals surface area contributed by atoms with Gasteiger partial charge in [0, 0.05) is 21.4 Å². The topological polar surface area (TPSA) is 98.3 Å². The van der Waals surface area contributed by atoms with Crippen molar-refractivity contribution in [2.75, 3.05) is 5.73 Å². The van der Waals surface area contributed by atoms with Gasteiger partial charge >= 0.3 is 0 Å². The lowest BCUT2D eigenvalue weighted by Crippen LogP contribution is -2.26. The van der Waals surface area contributed by atoms with Gasteiger partial charge in [0.2, 0.25) is 0 Å². The predicted molar refractivity (Wildman–Crippen MR) is 82.4 cm³/mol. The molecular formula is C14H15N3O3S. The van der Waals surface area contributed by atoms with Gasteiger partial charge in [0.05, 0.1) is 11.0 Å². The minimum atomic E-state index is -0.599. The molecule has 2 aromatic rings. The predicted octanol–water partition coefficient (Wildman–Crippen LogP) is 3.04. The van der Waals surface area contributed by atoms with Crippen LogP contribution in [0, 0.1) is 17.0 Å². The number of nitrogen functional groups attached to an aromatic ring is 1. The van der Waals surface area contributed by atoms with E-state index < -0.39 is 4.92 Å². The molecule has 1 aromatic carbocycles. The van der Waals surface area contributed by atoms with Crippen molar-refractivity contribution in [3.05, 3.63) is 55.8 Å². The Labute approximate surface area is 125 Å². The van der Waals surface area contributed by atoms with Crippen LogP contribution in [0.15, 0.2) is 30.3 Å². The molecule has 1 amide bonds. The molecule has 0 bridgehead atoms. The largest absolute Gasteiger partial charge is 0.393 e. The summed E-state index contributed by atoms with van der Waals surface area (Å²) in [7, 11) is 0. The lowest BCUT2D eigenvalue weighted by Gasteiger charge is -2.12. The number of anilines is 1. The zero-order valence-electron chi connectivity index (χ0n) is 11.6. The van der Waals surface area contributed by atoms with E-state index >= 15 is 0 Å². The molecule has 1 atom stereocenters. The SMILES string of the molecule is Cc1ccc(C(C)NC(=O)c2ccc(N)c([N+](=O)[O-])c2)s1. The van der Waals surface area contributed by atoms with Crippen LogP contribution >= 0.6 is 11.3 Å². The van der Waals surface area contributed by atoms with Crippen LogP contribution in [0.3, 0.4) is 0 Å². The molecule has 0 fully saturated rings. The molecule has 0 aliphatic heterocycles. The fraction of sp³-hybridized carbons (Fsp3) is 0.214. The van der Waals surface area contributed by atoms with Crippen molar-refractivity contribution in [1.82, 2.24) is 5.32 Å². The Morgan fingerprint density at radius 2 is 2.10 bits per heavy atom. The first-order valence-corrected chi connectivity index (χ1v) is 7.11. The Hall–Kier alpha value is -2.41. The number of nitro benzene ring substituents is 1. The maximum absolute atomic E-state index is 12.2. The molecule has 1 aromatic heterocycles. The molecule has 1 heterocycles. The highest BCUT2D eigenvalue weighted by molar-refractivity contribution is 7.12. The Balaban J connectivity index is 2.17. The molecular weight excluding hydrogens is 290 g/mol. The summed E-state index contributed by atoms with van der Waals surface area (Å²) in [6.07, 6.45) is 0. The third-order valence-corrected chi connectivity index (χ3v) is 4.21. The van der Waals surface area contributed by atoms with Crippen molar-refractivity contribution in [1.29, 1.82) is 0 Å². The van der Waals surface area contributed by atoms with E-state index in [2.05, 4.69) is 5.32 Å². The van der Waals surface area contributed by atoms with Gasteiger partial charge in [0.25, 0.3) is 11.6 Å². The molecule has 21 heavy (non-hydrogen) atoms. The summed E-state index contributed by atoms with van der Waals surface area (Å²) < 4.78 is 0. The van der Waals surface area contributed by atoms with Crippen molar-refractivity contribution in [3.63, 3.8) is 0 Å². The lowest BCUT2D eigenvalue weighted by molar-refractivity contribution is -0.383. The summed E-state index contributed by atoms with van der Waals surface area (Å²) in [6, 6.07) is 7.81. The van der Waals surface area contributed by atoms with Gasteiger partial charge in [-0.2, -0.15) is 0 Å². The van der Waals surface area contributed by atoms with Crippen molar-refractivity contribution in [2.45, 2.75) is 19.9 Å². The van der Waals surface area contributed by atoms with Gasteiger partial charge in [-0.15, -0.1) is 11.3 Å². The van der Waals surface area contributed by atoms with E-state index in [0.717, 1.165) is 9.75 Å². The summed E-state index contributed by atoms with van der Waals surface area (Å²) in [5.41, 5.74) is 5.51. The minimum absolute atomic E-state index is 0.0403. The normalized spacial score (nSPS) is 11.9. The van der Waals surface area contributed by atoms with E-state index in [1.807, 2.05) is 26.0 Å². The van der Waals surface area contributed by atoms with E-state index in [1.165, 1.54) is 18.2 Å². The van der Waals surface area contributed by atoms with Crippen LogP contribution in [0.1, 0.15) is 33.1 Å². The van der Waals surface area contributed by atoms with Crippen LogP contribution in [0.4, 0.5) is 11.4 Å². The van der Waals surface area contributed by atoms with Crippen molar-refractivity contribution in [2.24, 2.45) is 0 Å². The van der Waals surface area contributed by atoms with Gasteiger partial charge in [-0.3, -0.25) is 14.9 Å². The highest BCUT2D eigenvalue weighted by Crippen LogP contribution is 2.24. The van der Waals surface area contributed by atoms with Gasteiger partial charge in [-0.1, -0.05) is 0 Å². The third kappa shape index (κ3) is 3.38. The number of aryl methyl sites for hydroxylation is 1. The summed E-state index contributed by atoms with van der Waals surface area (Å²) in [5, 5.41) is 13.7. The quantitative estimate of drug-likeness (QED) is 0.515. The molecule has 0 radical (unpaired) electrons. The van der Waals surface area contributed by atoms with Crippen LogP contribution < -0.4 is 11.1 Å². The molecule has 3 N–H and O–H groups in total. The van der Waals surface area contributed by atoms with Crippen molar-refractivity contribution in [3.8, 4) is 0 Å². The number of nitro groups is 1. The number of thiophene rings is 1. The number of hydrogen-bond donors (Lipinski definition) is 2. The van der Waals surface area contributed by atoms with Crippen LogP contribution in [0.5, 0.6) is 0 Å². The number of nitrogens with two attached hydrogens (primary N) is 1. The molecule has 2 rings (SSSR count). The second-order valence-corrected chi connectivity index (χ2v) is 5.99. The van der Waals surface area contributed by atoms with Crippen LogP contribution in [-0.4, -0.2) is 10.8 Å². The molecule has 7 heteroatoms. The van der Waals surface area contributed by atoms with Crippen LogP contribution in [-0.2, 0) is 0 Å². The molecule has 0 spiro atoms. The average Bonchev–Trinajstić information content (AvgIpc) is 2.85. The van der Waals surface area contributed by atoms with E-state index in [-0.39, 0.29) is 28.9 Å². The second-order valence-electron chi connectivity index (χ2n) is 4.67. The van der Waals surface area contributed by atoms with Gasteiger partial charge in [0.15, 0.2) is 0 Å². The van der Waals surface area contributed by atoms with Crippen LogP contribution in [0.2, 0.25) is 0 Å². The molecule has 0 saturated carbocycles. The van der Waals surface area contributed by atoms with Gasteiger partial charge in [0.1, 0.15) is 5.69 Å². The Morgan fingerprint density at radius 1 is 1.38 bits per heavy atom. The number of hydrogen-bond acceptors (Lipinski definition) is 5. The third-order valence-electron chi connectivity index (χ3n) is 3.02. The highest BCUT2D eigenvalue weighted by Gasteiger charge is 2.17. The lowest BCUT2D eigenvalue weighted by atomic mass is 10.1. The maximum Gasteiger partial charge on any atom is 0.292 e. The summed E-state index contributed by atoms with van der Waals surface area (Å²) >= 11 is 1.60. The van der Waals surface area contributed by atoms with Crippen LogP contribution in [0.25, 0.3) is 0 Å². The fourth-order valence-corrected chi connectivity index (χ4v) is 2.76. The Bertz CT molecular complexity index is 697. The molecule has 110 valence electrons. The molecule has 6 nitrogen and oxygen atoms in total. The first kappa shape index (κ1) is 15.0. The number of amides is 1. The number of benzene rings is 1. The van der Waals surface area contributed by atoms with E-state index in [9.17, 15) is 14.9 Å². The highest BCUT2D eigenvalue weighted by atomic mass is 32.1. The second kappa shape index (κ2) is 5.92. The number of nitrogens with one attached hydrogen (secondary N) is 1. The monoisotopic (exact) mass is 305 g/mol. The summed E-state index contributed by atoms with van der Waals surface area (Å²) in [4.78, 5) is 24.6. The van der Waals surface area contributed by atoms with Gasteiger partial charge in [-0.05, 0) is 38.1 Å². The van der Waals surface area contributed by atoms with Gasteiger partial charge < -0.3 is 11.1 Å². The average molecular weight is 305 g/mol. The fourth-order valence-electron chi connectivity index (χ4n) is 1.88. The molecule has 1 unspecified atom stereocenters. The summed E-state index contributed by atoms with van der Waals surface area (Å²) in [5.74, 6) is -0.364. The minimum Gasteiger partial charge on any atom is -0.393 e. The summed E-state index contributed by atoms with van der Waals surface area (Å²) in [6.45, 7) is 3.86. The van der Waals surface area contributed by atoms with E-state index in [1.54, 1.807) is 11.3 Å². The zero-order chi connectivity index (χ0) is 15.6. The smallest absolute Gasteiger partial charge is 0.292 e. The standard InChI is InChI=1S/C14H15N3O3S/c1-8-3-6-13(21-8)9(2)16-14(18)10-4-5-11(15)12(7-10)17(19)20/h3-7,9H,15H2,1-2H3,(H,16,18).